The summed E-state index contributed by atoms with van der Waals surface area (Å²) >= 11 is 0. The summed E-state index contributed by atoms with van der Waals surface area (Å²) < 4.78 is 5.88. The van der Waals surface area contributed by atoms with Crippen molar-refractivity contribution in [3.8, 4) is 5.75 Å². The summed E-state index contributed by atoms with van der Waals surface area (Å²) in [6, 6.07) is 16.4. The maximum absolute atomic E-state index is 9.44. The maximum atomic E-state index is 9.44. The molecule has 0 aromatic heterocycles. The van der Waals surface area contributed by atoms with Crippen molar-refractivity contribution in [2.75, 3.05) is 0 Å². The number of aliphatic hydroxyl groups is 2. The first-order valence-corrected chi connectivity index (χ1v) is 7.85. The van der Waals surface area contributed by atoms with E-state index in [0.717, 1.165) is 30.6 Å². The Labute approximate surface area is 130 Å². The van der Waals surface area contributed by atoms with Gasteiger partial charge in [-0.1, -0.05) is 36.4 Å². The van der Waals surface area contributed by atoms with Crippen molar-refractivity contribution < 1.29 is 14.9 Å². The Morgan fingerprint density at radius 1 is 1.14 bits per heavy atom. The maximum Gasteiger partial charge on any atom is 0.155 e. The van der Waals surface area contributed by atoms with Gasteiger partial charge in [0.05, 0.1) is 0 Å². The van der Waals surface area contributed by atoms with Crippen LogP contribution in [0.4, 0.5) is 0 Å². The van der Waals surface area contributed by atoms with Crippen LogP contribution in [0.1, 0.15) is 29.5 Å². The molecule has 0 bridgehead atoms. The van der Waals surface area contributed by atoms with E-state index < -0.39 is 6.29 Å². The predicted molar refractivity (Wildman–Crippen MR) is 83.5 cm³/mol. The van der Waals surface area contributed by atoms with Gasteiger partial charge in [0.25, 0.3) is 0 Å². The molecular weight excluding hydrogens is 276 g/mol. The van der Waals surface area contributed by atoms with Crippen molar-refractivity contribution in [2.24, 2.45) is 5.92 Å². The lowest BCUT2D eigenvalue weighted by Crippen LogP contribution is -2.16. The van der Waals surface area contributed by atoms with E-state index in [9.17, 15) is 10.2 Å². The van der Waals surface area contributed by atoms with Gasteiger partial charge in [-0.25, -0.2) is 0 Å². The van der Waals surface area contributed by atoms with E-state index in [0.29, 0.717) is 6.61 Å². The molecule has 3 heteroatoms. The molecule has 0 radical (unpaired) electrons. The minimum Gasteiger partial charge on any atom is -0.489 e. The van der Waals surface area contributed by atoms with E-state index in [1.54, 1.807) is 0 Å². The van der Waals surface area contributed by atoms with Gasteiger partial charge in [-0.3, -0.25) is 0 Å². The van der Waals surface area contributed by atoms with E-state index in [-0.39, 0.29) is 11.3 Å². The topological polar surface area (TPSA) is 49.7 Å². The second kappa shape index (κ2) is 5.11. The minimum absolute atomic E-state index is 0.00448. The second-order valence-electron chi connectivity index (χ2n) is 6.47. The summed E-state index contributed by atoms with van der Waals surface area (Å²) in [6.07, 6.45) is 1.72. The van der Waals surface area contributed by atoms with Crippen LogP contribution in [-0.4, -0.2) is 16.5 Å². The van der Waals surface area contributed by atoms with Gasteiger partial charge in [0.1, 0.15) is 12.4 Å². The molecule has 2 aliphatic rings. The molecule has 0 amide bonds. The summed E-state index contributed by atoms with van der Waals surface area (Å²) in [5, 5.41) is 18.9. The summed E-state index contributed by atoms with van der Waals surface area (Å²) in [7, 11) is 0. The molecule has 1 saturated carbocycles. The number of hydrogen-bond acceptors (Lipinski definition) is 3. The zero-order chi connectivity index (χ0) is 15.2. The fourth-order valence-electron chi connectivity index (χ4n) is 3.91. The molecule has 2 aromatic carbocycles. The lowest BCUT2D eigenvalue weighted by Gasteiger charge is -2.13. The molecule has 0 aliphatic heterocycles. The Morgan fingerprint density at radius 2 is 1.95 bits per heavy atom. The third kappa shape index (κ3) is 2.21. The summed E-state index contributed by atoms with van der Waals surface area (Å²) in [5.41, 5.74) is 3.76. The molecule has 1 fully saturated rings. The van der Waals surface area contributed by atoms with Gasteiger partial charge < -0.3 is 14.9 Å². The summed E-state index contributed by atoms with van der Waals surface area (Å²) in [5.74, 6) is 0.895. The van der Waals surface area contributed by atoms with Crippen molar-refractivity contribution in [3.05, 3.63) is 65.2 Å². The van der Waals surface area contributed by atoms with Crippen LogP contribution < -0.4 is 4.74 Å². The monoisotopic (exact) mass is 296 g/mol. The minimum atomic E-state index is -1.19. The van der Waals surface area contributed by atoms with Crippen LogP contribution >= 0.6 is 0 Å². The van der Waals surface area contributed by atoms with Crippen molar-refractivity contribution in [2.45, 2.75) is 37.6 Å². The van der Waals surface area contributed by atoms with Crippen LogP contribution in [0.3, 0.4) is 0 Å². The lowest BCUT2D eigenvalue weighted by atomic mass is 9.95. The highest BCUT2D eigenvalue weighted by Crippen LogP contribution is 2.62. The SMILES string of the molecule is OC(O)C1CC12CCc1cc(OCc3ccccc3)ccc12. The molecule has 3 nitrogen and oxygen atoms in total. The van der Waals surface area contributed by atoms with Crippen molar-refractivity contribution in [1.29, 1.82) is 0 Å². The van der Waals surface area contributed by atoms with Crippen LogP contribution in [0.15, 0.2) is 48.5 Å². The van der Waals surface area contributed by atoms with Crippen LogP contribution in [-0.2, 0) is 18.4 Å². The van der Waals surface area contributed by atoms with Gasteiger partial charge in [0, 0.05) is 11.3 Å². The molecular formula is C19H20O3. The Bertz CT molecular complexity index is 680. The quantitative estimate of drug-likeness (QED) is 0.853. The van der Waals surface area contributed by atoms with Crippen LogP contribution in [0.2, 0.25) is 0 Å². The van der Waals surface area contributed by atoms with E-state index in [1.165, 1.54) is 11.1 Å². The zero-order valence-corrected chi connectivity index (χ0v) is 12.4. The fraction of sp³-hybridized carbons (Fsp3) is 0.368. The molecule has 2 atom stereocenters. The number of rotatable bonds is 4. The standard InChI is InChI=1S/C19H20O3/c20-18(21)17-11-19(17)9-8-14-10-15(6-7-16(14)19)22-12-13-4-2-1-3-5-13/h1-7,10,17-18,20-21H,8-9,11-12H2. The number of hydrogen-bond donors (Lipinski definition) is 2. The molecule has 2 unspecified atom stereocenters. The van der Waals surface area contributed by atoms with Gasteiger partial charge in [-0.05, 0) is 48.1 Å². The average Bonchev–Trinajstić information content (AvgIpc) is 3.17. The third-order valence-corrected chi connectivity index (χ3v) is 5.20. The highest BCUT2D eigenvalue weighted by Gasteiger charge is 2.60. The van der Waals surface area contributed by atoms with Crippen LogP contribution in [0.5, 0.6) is 5.75 Å². The lowest BCUT2D eigenvalue weighted by molar-refractivity contribution is -0.0618. The Morgan fingerprint density at radius 3 is 2.68 bits per heavy atom. The number of ether oxygens (including phenoxy) is 1. The smallest absolute Gasteiger partial charge is 0.155 e. The van der Waals surface area contributed by atoms with Gasteiger partial charge >= 0.3 is 0 Å². The predicted octanol–water partition coefficient (Wildman–Crippen LogP) is 2.78. The number of aliphatic hydroxyl groups excluding tert-OH is 1. The van der Waals surface area contributed by atoms with Gasteiger partial charge in [-0.15, -0.1) is 0 Å². The Kier molecular flexibility index (Phi) is 3.21. The van der Waals surface area contributed by atoms with Gasteiger partial charge in [0.15, 0.2) is 6.29 Å². The highest BCUT2D eigenvalue weighted by molar-refractivity contribution is 5.48. The molecule has 1 spiro atoms. The molecule has 4 rings (SSSR count). The van der Waals surface area contributed by atoms with E-state index >= 15 is 0 Å². The molecule has 2 aliphatic carbocycles. The first-order valence-electron chi connectivity index (χ1n) is 7.85. The van der Waals surface area contributed by atoms with Crippen molar-refractivity contribution in [3.63, 3.8) is 0 Å². The number of fused-ring (bicyclic) bond motifs is 2. The van der Waals surface area contributed by atoms with E-state index in [4.69, 9.17) is 4.74 Å². The van der Waals surface area contributed by atoms with E-state index in [1.807, 2.05) is 24.3 Å². The number of aryl methyl sites for hydroxylation is 1. The largest absolute Gasteiger partial charge is 0.489 e. The van der Waals surface area contributed by atoms with E-state index in [2.05, 4.69) is 24.3 Å². The Hall–Kier alpha value is -1.84. The Balaban J connectivity index is 1.50. The van der Waals surface area contributed by atoms with Crippen LogP contribution in [0, 0.1) is 5.92 Å². The first-order chi connectivity index (χ1) is 10.7. The molecule has 22 heavy (non-hydrogen) atoms. The van der Waals surface area contributed by atoms with Crippen molar-refractivity contribution >= 4 is 0 Å². The fourth-order valence-corrected chi connectivity index (χ4v) is 3.91. The average molecular weight is 296 g/mol. The summed E-state index contributed by atoms with van der Waals surface area (Å²) in [6.45, 7) is 0.572. The first kappa shape index (κ1) is 13.8. The van der Waals surface area contributed by atoms with Gasteiger partial charge in [0.2, 0.25) is 0 Å². The number of benzene rings is 2. The third-order valence-electron chi connectivity index (χ3n) is 5.20. The summed E-state index contributed by atoms with van der Waals surface area (Å²) in [4.78, 5) is 0. The molecule has 2 aromatic rings. The van der Waals surface area contributed by atoms with Crippen LogP contribution in [0.25, 0.3) is 0 Å². The normalized spacial score (nSPS) is 25.5. The van der Waals surface area contributed by atoms with Crippen molar-refractivity contribution in [1.82, 2.24) is 0 Å². The molecule has 0 heterocycles. The molecule has 0 saturated heterocycles. The van der Waals surface area contributed by atoms with Gasteiger partial charge in [-0.2, -0.15) is 0 Å². The molecule has 2 N–H and O–H groups in total. The highest BCUT2D eigenvalue weighted by atomic mass is 16.5. The molecule has 114 valence electrons. The second-order valence-corrected chi connectivity index (χ2v) is 6.47. The zero-order valence-electron chi connectivity index (χ0n) is 12.4.